The topological polar surface area (TPSA) is 12.0 Å². The normalized spacial score (nSPS) is 12.5. The molecular weight excluding hydrogens is 324 g/mol. The van der Waals surface area contributed by atoms with E-state index in [2.05, 4.69) is 21.2 Å². The number of rotatable bonds is 3. The van der Waals surface area contributed by atoms with Crippen molar-refractivity contribution in [2.75, 3.05) is 7.05 Å². The van der Waals surface area contributed by atoms with Crippen molar-refractivity contribution in [3.63, 3.8) is 0 Å². The highest BCUT2D eigenvalue weighted by atomic mass is 79.9. The maximum Gasteiger partial charge on any atom is 0.129 e. The number of hydrogen-bond acceptors (Lipinski definition) is 1. The van der Waals surface area contributed by atoms with Crippen LogP contribution in [0.4, 0.5) is 8.78 Å². The lowest BCUT2D eigenvalue weighted by atomic mass is 9.95. The SMILES string of the molecule is CNC(c1cc(C)c(F)c(C)c1)c1ccc(Br)cc1F. The Kier molecular flexibility index (Phi) is 4.55. The van der Waals surface area contributed by atoms with Gasteiger partial charge in [-0.15, -0.1) is 0 Å². The summed E-state index contributed by atoms with van der Waals surface area (Å²) in [4.78, 5) is 0. The van der Waals surface area contributed by atoms with Gasteiger partial charge in [0.1, 0.15) is 11.6 Å². The minimum absolute atomic E-state index is 0.208. The van der Waals surface area contributed by atoms with Gasteiger partial charge in [0.25, 0.3) is 0 Å². The van der Waals surface area contributed by atoms with Crippen molar-refractivity contribution in [2.24, 2.45) is 0 Å². The Hall–Kier alpha value is -1.26. The summed E-state index contributed by atoms with van der Waals surface area (Å²) in [5.41, 5.74) is 2.53. The molecule has 2 aromatic rings. The molecular formula is C16H16BrF2N. The Morgan fingerprint density at radius 2 is 1.65 bits per heavy atom. The van der Waals surface area contributed by atoms with Crippen LogP contribution in [-0.2, 0) is 0 Å². The fraction of sp³-hybridized carbons (Fsp3) is 0.250. The predicted octanol–water partition coefficient (Wildman–Crippen LogP) is 4.65. The second-order valence-corrected chi connectivity index (χ2v) is 5.77. The molecule has 1 nitrogen and oxygen atoms in total. The average molecular weight is 340 g/mol. The van der Waals surface area contributed by atoms with Gasteiger partial charge < -0.3 is 5.32 Å². The van der Waals surface area contributed by atoms with Gasteiger partial charge in [-0.1, -0.05) is 34.1 Å². The molecule has 1 atom stereocenters. The number of benzene rings is 2. The van der Waals surface area contributed by atoms with Crippen LogP contribution in [0.3, 0.4) is 0 Å². The van der Waals surface area contributed by atoms with Crippen LogP contribution in [0, 0.1) is 25.5 Å². The summed E-state index contributed by atoms with van der Waals surface area (Å²) in [5, 5.41) is 3.09. The van der Waals surface area contributed by atoms with Gasteiger partial charge in [0, 0.05) is 10.0 Å². The van der Waals surface area contributed by atoms with Gasteiger partial charge in [0.2, 0.25) is 0 Å². The molecule has 1 unspecified atom stereocenters. The summed E-state index contributed by atoms with van der Waals surface area (Å²) in [5.74, 6) is -0.502. The van der Waals surface area contributed by atoms with Crippen molar-refractivity contribution < 1.29 is 8.78 Å². The van der Waals surface area contributed by atoms with E-state index in [1.165, 1.54) is 6.07 Å². The third-order valence-corrected chi connectivity index (χ3v) is 3.85. The van der Waals surface area contributed by atoms with Crippen LogP contribution in [-0.4, -0.2) is 7.05 Å². The lowest BCUT2D eigenvalue weighted by Crippen LogP contribution is -2.19. The van der Waals surface area contributed by atoms with E-state index in [0.717, 1.165) is 5.56 Å². The number of nitrogens with one attached hydrogen (secondary N) is 1. The van der Waals surface area contributed by atoms with E-state index in [-0.39, 0.29) is 17.7 Å². The second-order valence-electron chi connectivity index (χ2n) is 4.86. The van der Waals surface area contributed by atoms with E-state index in [9.17, 15) is 8.78 Å². The number of halogens is 3. The highest BCUT2D eigenvalue weighted by Crippen LogP contribution is 2.28. The quantitative estimate of drug-likeness (QED) is 0.857. The highest BCUT2D eigenvalue weighted by molar-refractivity contribution is 9.10. The fourth-order valence-corrected chi connectivity index (χ4v) is 2.72. The highest BCUT2D eigenvalue weighted by Gasteiger charge is 2.18. The lowest BCUT2D eigenvalue weighted by Gasteiger charge is -2.19. The molecule has 0 heterocycles. The largest absolute Gasteiger partial charge is 0.309 e. The first kappa shape index (κ1) is 15.1. The molecule has 0 radical (unpaired) electrons. The van der Waals surface area contributed by atoms with Gasteiger partial charge in [-0.25, -0.2) is 8.78 Å². The van der Waals surface area contributed by atoms with E-state index in [1.54, 1.807) is 45.2 Å². The summed E-state index contributed by atoms with van der Waals surface area (Å²) in [6.45, 7) is 3.44. The zero-order valence-electron chi connectivity index (χ0n) is 11.6. The van der Waals surface area contributed by atoms with Crippen LogP contribution < -0.4 is 5.32 Å². The zero-order chi connectivity index (χ0) is 14.9. The molecule has 0 aliphatic carbocycles. The van der Waals surface area contributed by atoms with Gasteiger partial charge in [-0.3, -0.25) is 0 Å². The van der Waals surface area contributed by atoms with Crippen molar-refractivity contribution in [3.8, 4) is 0 Å². The molecule has 0 saturated carbocycles. The van der Waals surface area contributed by atoms with Crippen molar-refractivity contribution in [1.82, 2.24) is 5.32 Å². The van der Waals surface area contributed by atoms with Crippen LogP contribution in [0.15, 0.2) is 34.8 Å². The van der Waals surface area contributed by atoms with Crippen molar-refractivity contribution in [3.05, 3.63) is 68.7 Å². The first-order chi connectivity index (χ1) is 9.43. The minimum Gasteiger partial charge on any atom is -0.309 e. The second kappa shape index (κ2) is 6.02. The third kappa shape index (κ3) is 2.91. The number of aryl methyl sites for hydroxylation is 2. The Morgan fingerprint density at radius 1 is 1.05 bits per heavy atom. The molecule has 2 aromatic carbocycles. The monoisotopic (exact) mass is 339 g/mol. The standard InChI is InChI=1S/C16H16BrF2N/c1-9-6-11(7-10(2)15(9)19)16(20-3)13-5-4-12(17)8-14(13)18/h4-8,16,20H,1-3H3. The van der Waals surface area contributed by atoms with Crippen LogP contribution in [0.2, 0.25) is 0 Å². The van der Waals surface area contributed by atoms with Gasteiger partial charge in [-0.05, 0) is 49.7 Å². The zero-order valence-corrected chi connectivity index (χ0v) is 13.2. The van der Waals surface area contributed by atoms with E-state index in [4.69, 9.17) is 0 Å². The smallest absolute Gasteiger partial charge is 0.129 e. The van der Waals surface area contributed by atoms with Gasteiger partial charge in [-0.2, -0.15) is 0 Å². The van der Waals surface area contributed by atoms with E-state index < -0.39 is 0 Å². The molecule has 0 fully saturated rings. The average Bonchev–Trinajstić information content (AvgIpc) is 2.39. The molecule has 0 aliphatic rings. The van der Waals surface area contributed by atoms with Crippen LogP contribution in [0.25, 0.3) is 0 Å². The van der Waals surface area contributed by atoms with Gasteiger partial charge >= 0.3 is 0 Å². The summed E-state index contributed by atoms with van der Waals surface area (Å²) < 4.78 is 28.5. The summed E-state index contributed by atoms with van der Waals surface area (Å²) >= 11 is 3.25. The molecule has 20 heavy (non-hydrogen) atoms. The Labute approximate surface area is 126 Å². The van der Waals surface area contributed by atoms with E-state index in [1.807, 2.05) is 0 Å². The Morgan fingerprint density at radius 3 is 2.15 bits per heavy atom. The maximum atomic E-state index is 14.1. The lowest BCUT2D eigenvalue weighted by molar-refractivity contribution is 0.572. The predicted molar refractivity (Wildman–Crippen MR) is 80.9 cm³/mol. The summed E-state index contributed by atoms with van der Waals surface area (Å²) in [6.07, 6.45) is 0. The first-order valence-electron chi connectivity index (χ1n) is 6.33. The van der Waals surface area contributed by atoms with Crippen molar-refractivity contribution in [2.45, 2.75) is 19.9 Å². The Balaban J connectivity index is 2.52. The van der Waals surface area contributed by atoms with Gasteiger partial charge in [0.05, 0.1) is 6.04 Å². The molecule has 0 amide bonds. The molecule has 0 spiro atoms. The molecule has 1 N–H and O–H groups in total. The fourth-order valence-electron chi connectivity index (χ4n) is 2.38. The molecule has 0 saturated heterocycles. The van der Waals surface area contributed by atoms with Crippen molar-refractivity contribution >= 4 is 15.9 Å². The van der Waals surface area contributed by atoms with Crippen LogP contribution >= 0.6 is 15.9 Å². The molecule has 106 valence electrons. The molecule has 0 aromatic heterocycles. The summed E-state index contributed by atoms with van der Waals surface area (Å²) in [7, 11) is 1.76. The van der Waals surface area contributed by atoms with Crippen molar-refractivity contribution in [1.29, 1.82) is 0 Å². The molecule has 2 rings (SSSR count). The molecule has 0 aliphatic heterocycles. The van der Waals surface area contributed by atoms with Gasteiger partial charge in [0.15, 0.2) is 0 Å². The maximum absolute atomic E-state index is 14.1. The number of hydrogen-bond donors (Lipinski definition) is 1. The van der Waals surface area contributed by atoms with E-state index >= 15 is 0 Å². The van der Waals surface area contributed by atoms with Crippen LogP contribution in [0.5, 0.6) is 0 Å². The first-order valence-corrected chi connectivity index (χ1v) is 7.12. The van der Waals surface area contributed by atoms with E-state index in [0.29, 0.717) is 21.2 Å². The Bertz CT molecular complexity index is 617. The minimum atomic E-state index is -0.305. The molecule has 4 heteroatoms. The molecule has 0 bridgehead atoms. The van der Waals surface area contributed by atoms with Crippen LogP contribution in [0.1, 0.15) is 28.3 Å². The third-order valence-electron chi connectivity index (χ3n) is 3.35. The summed E-state index contributed by atoms with van der Waals surface area (Å²) in [6, 6.07) is 8.17.